The molecule has 23 heavy (non-hydrogen) atoms. The minimum absolute atomic E-state index is 0.0979. The third-order valence-electron chi connectivity index (χ3n) is 2.93. The normalized spacial score (nSPS) is 12.2. The van der Waals surface area contributed by atoms with Gasteiger partial charge in [-0.05, 0) is 23.3 Å². The molecular weight excluding hydrogens is 341 g/mol. The Morgan fingerprint density at radius 2 is 1.61 bits per heavy atom. The predicted octanol–water partition coefficient (Wildman–Crippen LogP) is 3.87. The number of ether oxygens (including phenoxy) is 1. The Hall–Kier alpha value is -2.00. The maximum absolute atomic E-state index is 13.9. The van der Waals surface area contributed by atoms with Gasteiger partial charge in [0.15, 0.2) is 23.2 Å². The van der Waals surface area contributed by atoms with E-state index in [2.05, 4.69) is 5.32 Å². The lowest BCUT2D eigenvalue weighted by molar-refractivity contribution is 0.386. The molecule has 0 bridgehead atoms. The predicted molar refractivity (Wildman–Crippen MR) is 74.8 cm³/mol. The molecule has 0 aliphatic carbocycles. The molecule has 2 aromatic carbocycles. The molecule has 0 aliphatic heterocycles. The smallest absolute Gasteiger partial charge is 0.219 e. The second-order valence-electron chi connectivity index (χ2n) is 4.39. The van der Waals surface area contributed by atoms with Gasteiger partial charge in [-0.25, -0.2) is 17.6 Å². The van der Waals surface area contributed by atoms with Crippen LogP contribution in [0.5, 0.6) is 5.75 Å². The molecule has 1 N–H and O–H groups in total. The highest BCUT2D eigenvalue weighted by atomic mass is 32.2. The van der Waals surface area contributed by atoms with E-state index in [1.54, 1.807) is 0 Å². The van der Waals surface area contributed by atoms with Crippen LogP contribution in [0.15, 0.2) is 23.1 Å². The second kappa shape index (κ2) is 6.63. The zero-order valence-corrected chi connectivity index (χ0v) is 12.7. The van der Waals surface area contributed by atoms with E-state index in [0.717, 1.165) is 12.3 Å². The van der Waals surface area contributed by atoms with E-state index in [1.165, 1.54) is 19.2 Å². The molecule has 1 unspecified atom stereocenters. The van der Waals surface area contributed by atoms with Gasteiger partial charge in [-0.2, -0.15) is 4.39 Å². The van der Waals surface area contributed by atoms with Crippen molar-refractivity contribution in [3.8, 4) is 5.75 Å². The summed E-state index contributed by atoms with van der Waals surface area (Å²) in [6.45, 7) is 0. The van der Waals surface area contributed by atoms with Gasteiger partial charge in [-0.3, -0.25) is 0 Å². The quantitative estimate of drug-likeness (QED) is 0.394. The first-order chi connectivity index (χ1) is 10.8. The van der Waals surface area contributed by atoms with Crippen LogP contribution in [-0.4, -0.2) is 17.9 Å². The molecule has 2 rings (SSSR count). The molecule has 3 nitrogen and oxygen atoms in total. The van der Waals surface area contributed by atoms with Crippen molar-refractivity contribution in [1.82, 2.24) is 0 Å². The molecule has 0 radical (unpaired) electrons. The summed E-state index contributed by atoms with van der Waals surface area (Å²) in [5, 5.41) is 2.21. The van der Waals surface area contributed by atoms with E-state index in [9.17, 15) is 26.5 Å². The van der Waals surface area contributed by atoms with Gasteiger partial charge in [0, 0.05) is 11.8 Å². The largest absolute Gasteiger partial charge is 0.612 e. The first-order valence-corrected chi connectivity index (χ1v) is 7.63. The van der Waals surface area contributed by atoms with E-state index in [4.69, 9.17) is 4.74 Å². The summed E-state index contributed by atoms with van der Waals surface area (Å²) in [6.07, 6.45) is 0.967. The summed E-state index contributed by atoms with van der Waals surface area (Å²) in [7, 11) is 1.23. The van der Waals surface area contributed by atoms with Gasteiger partial charge in [-0.1, -0.05) is 0 Å². The van der Waals surface area contributed by atoms with E-state index in [1.807, 2.05) is 0 Å². The molecule has 0 saturated heterocycles. The zero-order valence-electron chi connectivity index (χ0n) is 11.8. The minimum atomic E-state index is -2.17. The lowest BCUT2D eigenvalue weighted by atomic mass is 10.2. The lowest BCUT2D eigenvalue weighted by Gasteiger charge is -2.15. The van der Waals surface area contributed by atoms with Crippen LogP contribution >= 0.6 is 0 Å². The van der Waals surface area contributed by atoms with E-state index >= 15 is 0 Å². The second-order valence-corrected chi connectivity index (χ2v) is 5.70. The number of halogens is 5. The molecule has 0 heterocycles. The Labute approximate surface area is 131 Å². The average molecular weight is 351 g/mol. The Morgan fingerprint density at radius 1 is 1.00 bits per heavy atom. The molecule has 0 spiro atoms. The van der Waals surface area contributed by atoms with Crippen LogP contribution in [0.1, 0.15) is 0 Å². The maximum atomic E-state index is 13.9. The van der Waals surface area contributed by atoms with Crippen LogP contribution < -0.4 is 10.1 Å². The van der Waals surface area contributed by atoms with E-state index in [-0.39, 0.29) is 11.4 Å². The monoisotopic (exact) mass is 351 g/mol. The summed E-state index contributed by atoms with van der Waals surface area (Å²) in [6, 6.07) is 3.30. The van der Waals surface area contributed by atoms with Gasteiger partial charge in [0.05, 0.1) is 7.11 Å². The summed E-state index contributed by atoms with van der Waals surface area (Å²) >= 11 is -2.17. The third kappa shape index (κ3) is 3.20. The Balaban J connectivity index is 2.57. The molecule has 2 aromatic rings. The van der Waals surface area contributed by atoms with Crippen LogP contribution in [0.3, 0.4) is 0 Å². The van der Waals surface area contributed by atoms with Crippen LogP contribution in [0.4, 0.5) is 33.3 Å². The molecule has 0 fully saturated rings. The van der Waals surface area contributed by atoms with Gasteiger partial charge in [-0.15, -0.1) is 0 Å². The number of hydrogen-bond acceptors (Lipinski definition) is 3. The van der Waals surface area contributed by atoms with Gasteiger partial charge < -0.3 is 14.6 Å². The highest BCUT2D eigenvalue weighted by molar-refractivity contribution is 7.90. The van der Waals surface area contributed by atoms with E-state index < -0.39 is 50.8 Å². The summed E-state index contributed by atoms with van der Waals surface area (Å²) in [5.74, 6) is -8.59. The fourth-order valence-electron chi connectivity index (χ4n) is 1.88. The van der Waals surface area contributed by atoms with Crippen LogP contribution in [0.25, 0.3) is 0 Å². The number of nitrogens with one attached hydrogen (secondary N) is 1. The molecule has 0 amide bonds. The summed E-state index contributed by atoms with van der Waals surface area (Å²) < 4.78 is 84.1. The molecule has 0 aliphatic rings. The standard InChI is InChI=1S/C14H10F5NO2S/c1-22-8-4-3-6(5-7(8)15)20-13-11(18)9(16)10(17)12(19)14(13)23(2)21/h3-5,20H,1-2H3. The van der Waals surface area contributed by atoms with Crippen molar-refractivity contribution in [2.45, 2.75) is 4.90 Å². The Kier molecular flexibility index (Phi) is 5.00. The fraction of sp³-hybridized carbons (Fsp3) is 0.143. The highest BCUT2D eigenvalue weighted by Gasteiger charge is 2.31. The molecule has 124 valence electrons. The Bertz CT molecular complexity index is 755. The molecule has 9 heteroatoms. The van der Waals surface area contributed by atoms with Crippen molar-refractivity contribution in [1.29, 1.82) is 0 Å². The number of benzene rings is 2. The van der Waals surface area contributed by atoms with Crippen LogP contribution in [-0.2, 0) is 11.2 Å². The summed E-state index contributed by atoms with van der Waals surface area (Å²) in [5.41, 5.74) is -0.967. The topological polar surface area (TPSA) is 44.3 Å². The van der Waals surface area contributed by atoms with Crippen LogP contribution in [0.2, 0.25) is 0 Å². The van der Waals surface area contributed by atoms with Gasteiger partial charge in [0.25, 0.3) is 0 Å². The van der Waals surface area contributed by atoms with Gasteiger partial charge in [0.1, 0.15) is 11.9 Å². The zero-order chi connectivity index (χ0) is 17.3. The van der Waals surface area contributed by atoms with Crippen LogP contribution in [0, 0.1) is 29.1 Å². The van der Waals surface area contributed by atoms with Crippen molar-refractivity contribution >= 4 is 22.6 Å². The maximum Gasteiger partial charge on any atom is 0.219 e. The van der Waals surface area contributed by atoms with Crippen molar-refractivity contribution < 1.29 is 31.2 Å². The number of anilines is 2. The van der Waals surface area contributed by atoms with Crippen molar-refractivity contribution in [2.75, 3.05) is 18.7 Å². The molecule has 1 atom stereocenters. The fourth-order valence-corrected chi connectivity index (χ4v) is 2.65. The number of methoxy groups -OCH3 is 1. The van der Waals surface area contributed by atoms with Crippen molar-refractivity contribution in [3.63, 3.8) is 0 Å². The number of rotatable bonds is 4. The highest BCUT2D eigenvalue weighted by Crippen LogP contribution is 2.34. The van der Waals surface area contributed by atoms with Gasteiger partial charge >= 0.3 is 0 Å². The third-order valence-corrected chi connectivity index (χ3v) is 3.89. The van der Waals surface area contributed by atoms with Crippen molar-refractivity contribution in [2.24, 2.45) is 0 Å². The minimum Gasteiger partial charge on any atom is -0.612 e. The Morgan fingerprint density at radius 3 is 2.13 bits per heavy atom. The lowest BCUT2D eigenvalue weighted by Crippen LogP contribution is -2.12. The van der Waals surface area contributed by atoms with E-state index in [0.29, 0.717) is 0 Å². The summed E-state index contributed by atoms with van der Waals surface area (Å²) in [4.78, 5) is -0.891. The molecule has 0 saturated carbocycles. The molecule has 0 aromatic heterocycles. The van der Waals surface area contributed by atoms with Gasteiger partial charge in [0.2, 0.25) is 16.5 Å². The van der Waals surface area contributed by atoms with Crippen molar-refractivity contribution in [3.05, 3.63) is 47.3 Å². The first kappa shape index (κ1) is 17.4. The SMILES string of the molecule is COc1ccc(Nc2c(F)c(F)c(F)c(F)c2[S+](C)[O-])cc1F. The number of hydrogen-bond donors (Lipinski definition) is 1. The first-order valence-electron chi connectivity index (χ1n) is 6.07. The average Bonchev–Trinajstić information content (AvgIpc) is 2.50. The molecular formula is C14H10F5NO2S.